The molecule has 0 bridgehead atoms. The van der Waals surface area contributed by atoms with Crippen LogP contribution in [0, 0.1) is 0 Å². The van der Waals surface area contributed by atoms with Gasteiger partial charge >= 0.3 is 16.4 Å². The van der Waals surface area contributed by atoms with Crippen LogP contribution < -0.4 is 0 Å². The molecule has 73 heavy (non-hydrogen) atoms. The van der Waals surface area contributed by atoms with E-state index in [0.717, 1.165) is 83.5 Å². The van der Waals surface area contributed by atoms with Crippen molar-refractivity contribution in [2.24, 2.45) is 0 Å². The molecule has 4 N–H and O–H groups in total. The highest BCUT2D eigenvalue weighted by Crippen LogP contribution is 2.26. The summed E-state index contributed by atoms with van der Waals surface area (Å²) in [7, 11) is -5.08. The maximum Gasteiger partial charge on any atom is 0.397 e. The highest BCUT2D eigenvalue weighted by atomic mass is 32.3. The molecule has 1 heterocycles. The van der Waals surface area contributed by atoms with Gasteiger partial charge in [-0.1, -0.05) is 241 Å². The Hall–Kier alpha value is -2.46. The van der Waals surface area contributed by atoms with Crippen molar-refractivity contribution in [3.8, 4) is 0 Å². The van der Waals surface area contributed by atoms with E-state index in [1.54, 1.807) is 0 Å². The van der Waals surface area contributed by atoms with Crippen LogP contribution in [0.15, 0.2) is 72.9 Å². The number of ether oxygens (including phenoxy) is 4. The Kier molecular flexibility index (Phi) is 47.3. The molecule has 0 amide bonds. The third-order valence-corrected chi connectivity index (χ3v) is 13.6. The SMILES string of the molecule is CC/C=C\C/C=C\C/C=C\C/C=C\C/C=C\C/C=C\CCCCCOCC(COC1OC(CO)C(O)C(OS(=O)(=O)O)C1O)OC(=O)CCCCCCCCCCCCCCCCCCCCCCCCCC. The van der Waals surface area contributed by atoms with Gasteiger partial charge < -0.3 is 34.3 Å². The minimum absolute atomic E-state index is 0.0121. The molecule has 0 aliphatic carbocycles. The molecule has 6 atom stereocenters. The predicted octanol–water partition coefficient (Wildman–Crippen LogP) is 14.6. The van der Waals surface area contributed by atoms with Crippen molar-refractivity contribution in [1.82, 2.24) is 0 Å². The Balaban J connectivity index is 2.32. The molecule has 1 saturated heterocycles. The van der Waals surface area contributed by atoms with Gasteiger partial charge in [0.2, 0.25) is 0 Å². The van der Waals surface area contributed by atoms with Crippen LogP contribution in [0.4, 0.5) is 0 Å². The number of allylic oxidation sites excluding steroid dienone is 12. The van der Waals surface area contributed by atoms with Gasteiger partial charge in [-0.3, -0.25) is 9.35 Å². The molecule has 0 aromatic rings. The molecule has 1 aliphatic heterocycles. The maximum absolute atomic E-state index is 13.0. The first-order valence-electron chi connectivity index (χ1n) is 29.2. The van der Waals surface area contributed by atoms with Crippen LogP contribution in [-0.4, -0.2) is 97.5 Å². The van der Waals surface area contributed by atoms with Crippen molar-refractivity contribution in [2.45, 2.75) is 275 Å². The van der Waals surface area contributed by atoms with E-state index in [2.05, 4.69) is 90.9 Å². The summed E-state index contributed by atoms with van der Waals surface area (Å²) in [5.41, 5.74) is 0. The van der Waals surface area contributed by atoms with Crippen LogP contribution in [0.1, 0.15) is 239 Å². The van der Waals surface area contributed by atoms with Crippen molar-refractivity contribution in [2.75, 3.05) is 26.4 Å². The summed E-state index contributed by atoms with van der Waals surface area (Å²) < 4.78 is 59.4. The number of hydrogen-bond acceptors (Lipinski definition) is 11. The van der Waals surface area contributed by atoms with Crippen LogP contribution >= 0.6 is 0 Å². The molecule has 1 aliphatic rings. The quantitative estimate of drug-likeness (QED) is 0.0196. The van der Waals surface area contributed by atoms with Crippen LogP contribution in [0.25, 0.3) is 0 Å². The summed E-state index contributed by atoms with van der Waals surface area (Å²) in [6.45, 7) is 3.83. The zero-order valence-corrected chi connectivity index (χ0v) is 46.7. The van der Waals surface area contributed by atoms with Gasteiger partial charge in [0, 0.05) is 13.0 Å². The molecule has 0 spiro atoms. The van der Waals surface area contributed by atoms with Gasteiger partial charge in [0.05, 0.1) is 19.8 Å². The fraction of sp³-hybridized carbons (Fsp3) is 0.783. The van der Waals surface area contributed by atoms with Gasteiger partial charge in [-0.25, -0.2) is 4.18 Å². The average Bonchev–Trinajstić information content (AvgIpc) is 3.37. The predicted molar refractivity (Wildman–Crippen MR) is 299 cm³/mol. The highest BCUT2D eigenvalue weighted by Gasteiger charge is 2.48. The van der Waals surface area contributed by atoms with Crippen LogP contribution in [0.3, 0.4) is 0 Å². The number of unbranched alkanes of at least 4 members (excludes halogenated alkanes) is 26. The van der Waals surface area contributed by atoms with Crippen molar-refractivity contribution in [1.29, 1.82) is 0 Å². The number of carbonyl (C=O) groups is 1. The van der Waals surface area contributed by atoms with Gasteiger partial charge in [0.25, 0.3) is 0 Å². The van der Waals surface area contributed by atoms with E-state index >= 15 is 0 Å². The Bertz CT molecular complexity index is 1540. The van der Waals surface area contributed by atoms with Crippen molar-refractivity contribution in [3.05, 3.63) is 72.9 Å². The minimum atomic E-state index is -5.08. The second-order valence-electron chi connectivity index (χ2n) is 19.9. The second kappa shape index (κ2) is 50.4. The van der Waals surface area contributed by atoms with Gasteiger partial charge in [-0.15, -0.1) is 0 Å². The first-order chi connectivity index (χ1) is 35.6. The normalized spacial score (nSPS) is 19.3. The summed E-state index contributed by atoms with van der Waals surface area (Å²) in [6.07, 6.45) is 58.0. The summed E-state index contributed by atoms with van der Waals surface area (Å²) in [6, 6.07) is 0. The molecule has 1 fully saturated rings. The topological polar surface area (TPSA) is 178 Å². The number of aliphatic hydroxyl groups excluding tert-OH is 3. The van der Waals surface area contributed by atoms with Crippen LogP contribution in [0.5, 0.6) is 0 Å². The van der Waals surface area contributed by atoms with E-state index < -0.39 is 59.8 Å². The van der Waals surface area contributed by atoms with E-state index in [-0.39, 0.29) is 19.6 Å². The van der Waals surface area contributed by atoms with Gasteiger partial charge in [-0.05, 0) is 64.2 Å². The smallest absolute Gasteiger partial charge is 0.397 e. The standard InChI is InChI=1S/C60H106O12S/c1-3-5-7-9-11-13-15-17-19-21-23-25-27-28-29-31-33-35-37-39-41-43-45-47-49-56(62)70-54(53-69-60-58(64)59(72-73(65,66)67)57(63)55(51-61)71-60)52-68-50-48-46-44-42-40-38-36-34-32-30-26-24-22-20-18-16-14-12-10-8-6-4-2/h6,8,12,14,18,20,24,26,32,34,38,40,54-55,57-61,63-64H,3-5,7,9-11,13,15-17,19,21-23,25,27-31,33,35-37,39,41-53H2,1-2H3,(H,65,66,67)/b8-6-,14-12-,20-18-,26-24-,34-32-,40-38-. The van der Waals surface area contributed by atoms with E-state index in [0.29, 0.717) is 13.0 Å². The molecule has 6 unspecified atom stereocenters. The first kappa shape index (κ1) is 68.6. The Morgan fingerprint density at radius 3 is 1.37 bits per heavy atom. The molecule has 424 valence electrons. The van der Waals surface area contributed by atoms with Crippen molar-refractivity contribution >= 4 is 16.4 Å². The third kappa shape index (κ3) is 43.4. The monoisotopic (exact) mass is 1050 g/mol. The lowest BCUT2D eigenvalue weighted by molar-refractivity contribution is -0.301. The van der Waals surface area contributed by atoms with E-state index in [1.165, 1.54) is 128 Å². The molecule has 13 heteroatoms. The average molecular weight is 1050 g/mol. The van der Waals surface area contributed by atoms with Gasteiger partial charge in [0.1, 0.15) is 30.5 Å². The van der Waals surface area contributed by atoms with Gasteiger partial charge in [-0.2, -0.15) is 8.42 Å². The lowest BCUT2D eigenvalue weighted by Gasteiger charge is -2.41. The molecule has 12 nitrogen and oxygen atoms in total. The number of rotatable bonds is 51. The van der Waals surface area contributed by atoms with Crippen molar-refractivity contribution in [3.63, 3.8) is 0 Å². The summed E-state index contributed by atoms with van der Waals surface area (Å²) in [5, 5.41) is 30.8. The molecule has 0 radical (unpaired) electrons. The lowest BCUT2D eigenvalue weighted by atomic mass is 9.99. The van der Waals surface area contributed by atoms with Crippen molar-refractivity contribution < 1.29 is 56.2 Å². The molecule has 0 aromatic carbocycles. The second-order valence-corrected chi connectivity index (χ2v) is 20.9. The highest BCUT2D eigenvalue weighted by molar-refractivity contribution is 7.80. The zero-order chi connectivity index (χ0) is 53.1. The fourth-order valence-electron chi connectivity index (χ4n) is 8.74. The molecule has 0 aromatic heterocycles. The maximum atomic E-state index is 13.0. The summed E-state index contributed by atoms with van der Waals surface area (Å²) in [5.74, 6) is -0.409. The van der Waals surface area contributed by atoms with Crippen LogP contribution in [0.2, 0.25) is 0 Å². The first-order valence-corrected chi connectivity index (χ1v) is 30.6. The largest absolute Gasteiger partial charge is 0.457 e. The summed E-state index contributed by atoms with van der Waals surface area (Å²) >= 11 is 0. The number of carbonyl (C=O) groups excluding carboxylic acids is 1. The number of aliphatic hydroxyl groups is 3. The van der Waals surface area contributed by atoms with Gasteiger partial charge in [0.15, 0.2) is 6.29 Å². The Labute approximate surface area is 445 Å². The van der Waals surface area contributed by atoms with Crippen LogP contribution in [-0.2, 0) is 38.3 Å². The molecule has 1 rings (SSSR count). The Morgan fingerprint density at radius 2 is 0.945 bits per heavy atom. The van der Waals surface area contributed by atoms with E-state index in [1.807, 2.05) is 0 Å². The van der Waals surface area contributed by atoms with E-state index in [4.69, 9.17) is 18.9 Å². The number of hydrogen-bond donors (Lipinski definition) is 4. The fourth-order valence-corrected chi connectivity index (χ4v) is 9.25. The number of esters is 1. The lowest BCUT2D eigenvalue weighted by Crippen LogP contribution is -2.60. The minimum Gasteiger partial charge on any atom is -0.457 e. The molecular weight excluding hydrogens is 945 g/mol. The van der Waals surface area contributed by atoms with E-state index in [9.17, 15) is 33.1 Å². The zero-order valence-electron chi connectivity index (χ0n) is 45.9. The third-order valence-electron chi connectivity index (χ3n) is 13.1. The summed E-state index contributed by atoms with van der Waals surface area (Å²) in [4.78, 5) is 13.0. The molecular formula is C60H106O12S. The molecule has 0 saturated carbocycles. The Morgan fingerprint density at radius 1 is 0.534 bits per heavy atom.